The minimum Gasteiger partial charge on any atom is -0.378 e. The Kier molecular flexibility index (Phi) is 7.39. The molecule has 170 valence electrons. The standard InChI is InChI=1S/C25H32N4O3/c1-27(23-11-13-28(14-12-23)19-24(30)29-15-17-32-18-16-29)25(31)26-22-9-7-21(8-10-22)20-5-3-2-4-6-20/h2-10,23H,11-19H2,1H3,(H,26,31). The van der Waals surface area contributed by atoms with Crippen LogP contribution >= 0.6 is 0 Å². The third-order valence-electron chi connectivity index (χ3n) is 6.39. The highest BCUT2D eigenvalue weighted by atomic mass is 16.5. The second-order valence-electron chi connectivity index (χ2n) is 8.48. The molecule has 2 saturated heterocycles. The lowest BCUT2D eigenvalue weighted by atomic mass is 10.0. The molecule has 1 N–H and O–H groups in total. The van der Waals surface area contributed by atoms with E-state index in [0.717, 1.165) is 42.7 Å². The minimum absolute atomic E-state index is 0.0969. The monoisotopic (exact) mass is 436 g/mol. The summed E-state index contributed by atoms with van der Waals surface area (Å²) in [5.74, 6) is 0.178. The fourth-order valence-electron chi connectivity index (χ4n) is 4.32. The van der Waals surface area contributed by atoms with Crippen LogP contribution in [0.5, 0.6) is 0 Å². The smallest absolute Gasteiger partial charge is 0.321 e. The quantitative estimate of drug-likeness (QED) is 0.782. The zero-order valence-electron chi connectivity index (χ0n) is 18.7. The summed E-state index contributed by atoms with van der Waals surface area (Å²) >= 11 is 0. The number of rotatable bonds is 5. The van der Waals surface area contributed by atoms with Crippen molar-refractivity contribution >= 4 is 17.6 Å². The summed E-state index contributed by atoms with van der Waals surface area (Å²) in [7, 11) is 1.85. The number of amides is 3. The first-order valence-electron chi connectivity index (χ1n) is 11.4. The van der Waals surface area contributed by atoms with Gasteiger partial charge in [0, 0.05) is 45.0 Å². The highest BCUT2D eigenvalue weighted by molar-refractivity contribution is 5.89. The average molecular weight is 437 g/mol. The van der Waals surface area contributed by atoms with Gasteiger partial charge in [-0.2, -0.15) is 0 Å². The van der Waals surface area contributed by atoms with Crippen LogP contribution in [0.4, 0.5) is 10.5 Å². The molecule has 7 heteroatoms. The molecule has 0 bridgehead atoms. The molecule has 2 aromatic carbocycles. The summed E-state index contributed by atoms with van der Waals surface area (Å²) in [5, 5.41) is 3.00. The average Bonchev–Trinajstić information content (AvgIpc) is 2.85. The van der Waals surface area contributed by atoms with E-state index in [9.17, 15) is 9.59 Å². The Labute approximate surface area is 189 Å². The number of carbonyl (C=O) groups excluding carboxylic acids is 2. The van der Waals surface area contributed by atoms with Crippen molar-refractivity contribution in [3.05, 3.63) is 54.6 Å². The zero-order chi connectivity index (χ0) is 22.3. The SMILES string of the molecule is CN(C(=O)Nc1ccc(-c2ccccc2)cc1)C1CCN(CC(=O)N2CCOCC2)CC1. The van der Waals surface area contributed by atoms with Gasteiger partial charge in [-0.05, 0) is 36.1 Å². The summed E-state index contributed by atoms with van der Waals surface area (Å²) in [6, 6.07) is 18.2. The van der Waals surface area contributed by atoms with Crippen LogP contribution in [0.2, 0.25) is 0 Å². The van der Waals surface area contributed by atoms with Crippen LogP contribution < -0.4 is 5.32 Å². The lowest BCUT2D eigenvalue weighted by molar-refractivity contribution is -0.136. The van der Waals surface area contributed by atoms with Gasteiger partial charge in [0.15, 0.2) is 0 Å². The van der Waals surface area contributed by atoms with Crippen LogP contribution in [0, 0.1) is 0 Å². The number of hydrogen-bond donors (Lipinski definition) is 1. The van der Waals surface area contributed by atoms with Crippen LogP contribution in [0.25, 0.3) is 11.1 Å². The topological polar surface area (TPSA) is 65.1 Å². The first-order chi connectivity index (χ1) is 15.6. The summed E-state index contributed by atoms with van der Waals surface area (Å²) in [6.45, 7) is 4.73. The fourth-order valence-corrected chi connectivity index (χ4v) is 4.32. The Balaban J connectivity index is 1.23. The Morgan fingerprint density at radius 3 is 2.22 bits per heavy atom. The van der Waals surface area contributed by atoms with E-state index in [-0.39, 0.29) is 18.0 Å². The summed E-state index contributed by atoms with van der Waals surface area (Å²) in [5.41, 5.74) is 3.06. The molecule has 0 atom stereocenters. The molecule has 0 aliphatic carbocycles. The number of ether oxygens (including phenoxy) is 1. The number of likely N-dealkylation sites (tertiary alicyclic amines) is 1. The molecule has 2 fully saturated rings. The van der Waals surface area contributed by atoms with E-state index in [0.29, 0.717) is 32.8 Å². The molecule has 3 amide bonds. The van der Waals surface area contributed by atoms with Gasteiger partial charge in [-0.3, -0.25) is 9.69 Å². The maximum absolute atomic E-state index is 12.8. The highest BCUT2D eigenvalue weighted by Crippen LogP contribution is 2.22. The van der Waals surface area contributed by atoms with E-state index in [1.807, 2.05) is 54.4 Å². The summed E-state index contributed by atoms with van der Waals surface area (Å²) in [6.07, 6.45) is 1.74. The molecule has 0 unspecified atom stereocenters. The molecule has 2 heterocycles. The Bertz CT molecular complexity index is 889. The van der Waals surface area contributed by atoms with E-state index in [1.165, 1.54) is 0 Å². The Hall–Kier alpha value is -2.90. The third kappa shape index (κ3) is 5.66. The molecule has 0 spiro atoms. The predicted molar refractivity (Wildman–Crippen MR) is 126 cm³/mol. The van der Waals surface area contributed by atoms with Gasteiger partial charge in [0.05, 0.1) is 19.8 Å². The number of urea groups is 1. The number of carbonyl (C=O) groups is 2. The second kappa shape index (κ2) is 10.6. The molecular weight excluding hydrogens is 404 g/mol. The summed E-state index contributed by atoms with van der Waals surface area (Å²) < 4.78 is 5.32. The molecule has 2 aromatic rings. The van der Waals surface area contributed by atoms with Crippen molar-refractivity contribution in [3.63, 3.8) is 0 Å². The molecule has 0 radical (unpaired) electrons. The molecular formula is C25H32N4O3. The van der Waals surface area contributed by atoms with Crippen LogP contribution in [0.1, 0.15) is 12.8 Å². The number of hydrogen-bond acceptors (Lipinski definition) is 4. The zero-order valence-corrected chi connectivity index (χ0v) is 18.7. The molecule has 32 heavy (non-hydrogen) atoms. The van der Waals surface area contributed by atoms with Crippen molar-refractivity contribution in [2.45, 2.75) is 18.9 Å². The van der Waals surface area contributed by atoms with Crippen LogP contribution in [0.15, 0.2) is 54.6 Å². The van der Waals surface area contributed by atoms with Crippen LogP contribution in [0.3, 0.4) is 0 Å². The van der Waals surface area contributed by atoms with Crippen molar-refractivity contribution in [2.75, 3.05) is 58.3 Å². The largest absolute Gasteiger partial charge is 0.378 e. The number of piperidine rings is 1. The minimum atomic E-state index is -0.0969. The van der Waals surface area contributed by atoms with Crippen molar-refractivity contribution in [1.82, 2.24) is 14.7 Å². The van der Waals surface area contributed by atoms with E-state index >= 15 is 0 Å². The maximum atomic E-state index is 12.8. The van der Waals surface area contributed by atoms with Crippen LogP contribution in [-0.2, 0) is 9.53 Å². The van der Waals surface area contributed by atoms with E-state index in [2.05, 4.69) is 22.3 Å². The van der Waals surface area contributed by atoms with E-state index in [4.69, 9.17) is 4.74 Å². The van der Waals surface area contributed by atoms with Crippen molar-refractivity contribution in [3.8, 4) is 11.1 Å². The second-order valence-corrected chi connectivity index (χ2v) is 8.48. The molecule has 0 saturated carbocycles. The highest BCUT2D eigenvalue weighted by Gasteiger charge is 2.27. The van der Waals surface area contributed by atoms with E-state index < -0.39 is 0 Å². The van der Waals surface area contributed by atoms with Gasteiger partial charge in [-0.25, -0.2) is 4.79 Å². The normalized spacial score (nSPS) is 17.7. The van der Waals surface area contributed by atoms with Gasteiger partial charge in [0.1, 0.15) is 0 Å². The van der Waals surface area contributed by atoms with Crippen molar-refractivity contribution in [2.24, 2.45) is 0 Å². The van der Waals surface area contributed by atoms with Gasteiger partial charge >= 0.3 is 6.03 Å². The molecule has 2 aliphatic rings. The molecule has 7 nitrogen and oxygen atoms in total. The Morgan fingerprint density at radius 1 is 0.938 bits per heavy atom. The molecule has 2 aliphatic heterocycles. The number of nitrogens with one attached hydrogen (secondary N) is 1. The summed E-state index contributed by atoms with van der Waals surface area (Å²) in [4.78, 5) is 31.1. The lowest BCUT2D eigenvalue weighted by Crippen LogP contribution is -2.50. The number of morpholine rings is 1. The molecule has 0 aromatic heterocycles. The maximum Gasteiger partial charge on any atom is 0.321 e. The van der Waals surface area contributed by atoms with Gasteiger partial charge < -0.3 is 19.9 Å². The Morgan fingerprint density at radius 2 is 1.56 bits per heavy atom. The first kappa shape index (κ1) is 22.3. The van der Waals surface area contributed by atoms with Crippen molar-refractivity contribution in [1.29, 1.82) is 0 Å². The van der Waals surface area contributed by atoms with Gasteiger partial charge in [-0.1, -0.05) is 42.5 Å². The van der Waals surface area contributed by atoms with Crippen molar-refractivity contribution < 1.29 is 14.3 Å². The van der Waals surface area contributed by atoms with E-state index in [1.54, 1.807) is 4.90 Å². The lowest BCUT2D eigenvalue weighted by Gasteiger charge is -2.37. The number of anilines is 1. The number of nitrogens with zero attached hydrogens (tertiary/aromatic N) is 3. The van der Waals surface area contributed by atoms with Gasteiger partial charge in [0.2, 0.25) is 5.91 Å². The predicted octanol–water partition coefficient (Wildman–Crippen LogP) is 3.14. The van der Waals surface area contributed by atoms with Gasteiger partial charge in [0.25, 0.3) is 0 Å². The number of benzene rings is 2. The first-order valence-corrected chi connectivity index (χ1v) is 11.4. The van der Waals surface area contributed by atoms with Crippen LogP contribution in [-0.4, -0.2) is 85.7 Å². The molecule has 4 rings (SSSR count). The third-order valence-corrected chi connectivity index (χ3v) is 6.39. The fraction of sp³-hybridized carbons (Fsp3) is 0.440. The van der Waals surface area contributed by atoms with Gasteiger partial charge in [-0.15, -0.1) is 0 Å².